The van der Waals surface area contributed by atoms with E-state index in [2.05, 4.69) is 11.4 Å². The van der Waals surface area contributed by atoms with Crippen LogP contribution in [0.3, 0.4) is 0 Å². The van der Waals surface area contributed by atoms with E-state index in [1.165, 1.54) is 0 Å². The molecule has 0 aliphatic heterocycles. The number of hydrogen-bond acceptors (Lipinski definition) is 4. The van der Waals surface area contributed by atoms with E-state index >= 15 is 0 Å². The van der Waals surface area contributed by atoms with Gasteiger partial charge in [0, 0.05) is 0 Å². The van der Waals surface area contributed by atoms with E-state index in [0.29, 0.717) is 17.7 Å². The molecular weight excluding hydrogens is 328 g/mol. The van der Waals surface area contributed by atoms with Crippen LogP contribution < -0.4 is 10.1 Å². The maximum Gasteiger partial charge on any atom is 0.408 e. The molecule has 0 fully saturated rings. The van der Waals surface area contributed by atoms with Crippen LogP contribution in [-0.2, 0) is 11.2 Å². The van der Waals surface area contributed by atoms with Crippen LogP contribution in [0.4, 0.5) is 4.79 Å². The van der Waals surface area contributed by atoms with Gasteiger partial charge in [0.05, 0.1) is 17.7 Å². The molecule has 1 unspecified atom stereocenters. The molecule has 0 saturated carbocycles. The van der Waals surface area contributed by atoms with Gasteiger partial charge in [-0.2, -0.15) is 5.26 Å². The molecule has 136 valence electrons. The average molecular weight is 352 g/mol. The second-order valence-electron chi connectivity index (χ2n) is 6.98. The fraction of sp³-hybridized carbons (Fsp3) is 0.333. The predicted molar refractivity (Wildman–Crippen MR) is 100.0 cm³/mol. The van der Waals surface area contributed by atoms with E-state index in [9.17, 15) is 4.79 Å². The molecule has 0 aliphatic rings. The summed E-state index contributed by atoms with van der Waals surface area (Å²) in [5.41, 5.74) is 1.05. The van der Waals surface area contributed by atoms with Crippen molar-refractivity contribution in [3.05, 3.63) is 65.7 Å². The normalized spacial score (nSPS) is 11.9. The average Bonchev–Trinajstić information content (AvgIpc) is 2.59. The Balaban J connectivity index is 2.04. The van der Waals surface area contributed by atoms with Crippen molar-refractivity contribution in [3.8, 4) is 11.8 Å². The summed E-state index contributed by atoms with van der Waals surface area (Å²) in [5.74, 6) is 0.591. The van der Waals surface area contributed by atoms with Crippen molar-refractivity contribution >= 4 is 6.09 Å². The zero-order valence-electron chi connectivity index (χ0n) is 15.4. The Bertz CT molecular complexity index is 761. The number of nitriles is 1. The lowest BCUT2D eigenvalue weighted by molar-refractivity contribution is 0.0488. The Morgan fingerprint density at radius 2 is 1.88 bits per heavy atom. The van der Waals surface area contributed by atoms with Crippen LogP contribution in [0.15, 0.2) is 54.6 Å². The zero-order chi connectivity index (χ0) is 19.0. The SMILES string of the molecule is CC(C)(C)OC(=O)NC(COc1cccc(C#N)c1)Cc1ccccc1. The predicted octanol–water partition coefficient (Wildman–Crippen LogP) is 4.07. The number of nitrogens with zero attached hydrogens (tertiary/aromatic N) is 1. The third-order valence-electron chi connectivity index (χ3n) is 3.46. The van der Waals surface area contributed by atoms with Gasteiger partial charge in [0.2, 0.25) is 0 Å². The van der Waals surface area contributed by atoms with Gasteiger partial charge in [0.15, 0.2) is 0 Å². The number of hydrogen-bond donors (Lipinski definition) is 1. The summed E-state index contributed by atoms with van der Waals surface area (Å²) in [6.07, 6.45) is 0.130. The molecule has 0 aliphatic carbocycles. The molecule has 2 aromatic rings. The molecule has 0 saturated heterocycles. The van der Waals surface area contributed by atoms with Crippen LogP contribution in [0.25, 0.3) is 0 Å². The number of ether oxygens (including phenoxy) is 2. The number of carbonyl (C=O) groups is 1. The van der Waals surface area contributed by atoms with Gasteiger partial charge in [-0.1, -0.05) is 36.4 Å². The van der Waals surface area contributed by atoms with Crippen molar-refractivity contribution in [2.45, 2.75) is 38.8 Å². The zero-order valence-corrected chi connectivity index (χ0v) is 15.4. The molecule has 26 heavy (non-hydrogen) atoms. The molecule has 5 nitrogen and oxygen atoms in total. The third-order valence-corrected chi connectivity index (χ3v) is 3.46. The van der Waals surface area contributed by atoms with E-state index in [4.69, 9.17) is 14.7 Å². The van der Waals surface area contributed by atoms with E-state index < -0.39 is 11.7 Å². The lowest BCUT2D eigenvalue weighted by Gasteiger charge is -2.24. The van der Waals surface area contributed by atoms with Gasteiger partial charge < -0.3 is 14.8 Å². The largest absolute Gasteiger partial charge is 0.491 e. The standard InChI is InChI=1S/C21H24N2O3/c1-21(2,3)26-20(24)23-18(12-16-8-5-4-6-9-16)15-25-19-11-7-10-17(13-19)14-22/h4-11,13,18H,12,15H2,1-3H3,(H,23,24). The number of nitrogens with one attached hydrogen (secondary N) is 1. The van der Waals surface area contributed by atoms with Crippen molar-refractivity contribution in [1.29, 1.82) is 5.26 Å². The Hall–Kier alpha value is -3.00. The van der Waals surface area contributed by atoms with Gasteiger partial charge in [-0.3, -0.25) is 0 Å². The van der Waals surface area contributed by atoms with E-state index in [-0.39, 0.29) is 12.6 Å². The quantitative estimate of drug-likeness (QED) is 0.850. The molecule has 1 N–H and O–H groups in total. The number of benzene rings is 2. The van der Waals surface area contributed by atoms with Gasteiger partial charge >= 0.3 is 6.09 Å². The first kappa shape index (κ1) is 19.3. The summed E-state index contributed by atoms with van der Waals surface area (Å²) in [4.78, 5) is 12.1. The molecule has 0 bridgehead atoms. The molecule has 0 spiro atoms. The maximum absolute atomic E-state index is 12.1. The Morgan fingerprint density at radius 1 is 1.15 bits per heavy atom. The van der Waals surface area contributed by atoms with Gasteiger partial charge in [-0.15, -0.1) is 0 Å². The fourth-order valence-electron chi connectivity index (χ4n) is 2.38. The Kier molecular flexibility index (Phi) is 6.62. The maximum atomic E-state index is 12.1. The number of carbonyl (C=O) groups excluding carboxylic acids is 1. The van der Waals surface area contributed by atoms with Crippen LogP contribution in [0, 0.1) is 11.3 Å². The van der Waals surface area contributed by atoms with E-state index in [1.807, 2.05) is 51.1 Å². The van der Waals surface area contributed by atoms with Gasteiger partial charge in [0.25, 0.3) is 0 Å². The first-order chi connectivity index (χ1) is 12.4. The Labute approximate surface area is 154 Å². The highest BCUT2D eigenvalue weighted by atomic mass is 16.6. The van der Waals surface area contributed by atoms with Crippen molar-refractivity contribution in [2.75, 3.05) is 6.61 Å². The first-order valence-electron chi connectivity index (χ1n) is 8.52. The van der Waals surface area contributed by atoms with Crippen LogP contribution in [-0.4, -0.2) is 24.3 Å². The fourth-order valence-corrected chi connectivity index (χ4v) is 2.38. The topological polar surface area (TPSA) is 71.3 Å². The highest BCUT2D eigenvalue weighted by Crippen LogP contribution is 2.14. The second-order valence-corrected chi connectivity index (χ2v) is 6.98. The van der Waals surface area contributed by atoms with Crippen molar-refractivity contribution in [1.82, 2.24) is 5.32 Å². The summed E-state index contributed by atoms with van der Waals surface area (Å²) in [6, 6.07) is 18.6. The summed E-state index contributed by atoms with van der Waals surface area (Å²) < 4.78 is 11.1. The summed E-state index contributed by atoms with van der Waals surface area (Å²) >= 11 is 0. The monoisotopic (exact) mass is 352 g/mol. The van der Waals surface area contributed by atoms with Crippen molar-refractivity contribution in [3.63, 3.8) is 0 Å². The van der Waals surface area contributed by atoms with Gasteiger partial charge in [-0.05, 0) is 51.0 Å². The molecule has 1 atom stereocenters. The Morgan fingerprint density at radius 3 is 2.54 bits per heavy atom. The molecule has 0 heterocycles. The van der Waals surface area contributed by atoms with Gasteiger partial charge in [-0.25, -0.2) is 4.79 Å². The molecule has 0 aromatic heterocycles. The summed E-state index contributed by atoms with van der Waals surface area (Å²) in [7, 11) is 0. The van der Waals surface area contributed by atoms with E-state index in [0.717, 1.165) is 5.56 Å². The summed E-state index contributed by atoms with van der Waals surface area (Å²) in [5, 5.41) is 11.9. The second kappa shape index (κ2) is 8.91. The molecular formula is C21H24N2O3. The van der Waals surface area contributed by atoms with Gasteiger partial charge in [0.1, 0.15) is 18.0 Å². The highest BCUT2D eigenvalue weighted by Gasteiger charge is 2.20. The molecule has 1 amide bonds. The molecule has 2 rings (SSSR count). The molecule has 5 heteroatoms. The van der Waals surface area contributed by atoms with Crippen LogP contribution in [0.2, 0.25) is 0 Å². The van der Waals surface area contributed by atoms with Crippen LogP contribution in [0.5, 0.6) is 5.75 Å². The highest BCUT2D eigenvalue weighted by molar-refractivity contribution is 5.68. The molecule has 0 radical (unpaired) electrons. The third kappa shape index (κ3) is 6.86. The minimum absolute atomic E-state index is 0.266. The van der Waals surface area contributed by atoms with Crippen LogP contribution in [0.1, 0.15) is 31.9 Å². The lowest BCUT2D eigenvalue weighted by atomic mass is 10.1. The smallest absolute Gasteiger partial charge is 0.408 e. The lowest BCUT2D eigenvalue weighted by Crippen LogP contribution is -2.43. The minimum atomic E-state index is -0.566. The van der Waals surface area contributed by atoms with Crippen molar-refractivity contribution < 1.29 is 14.3 Å². The first-order valence-corrected chi connectivity index (χ1v) is 8.52. The van der Waals surface area contributed by atoms with E-state index in [1.54, 1.807) is 24.3 Å². The summed E-state index contributed by atoms with van der Waals surface area (Å²) in [6.45, 7) is 5.73. The number of alkyl carbamates (subject to hydrolysis) is 1. The number of rotatable bonds is 6. The minimum Gasteiger partial charge on any atom is -0.491 e. The number of amides is 1. The van der Waals surface area contributed by atoms with Crippen LogP contribution >= 0.6 is 0 Å². The van der Waals surface area contributed by atoms with Crippen molar-refractivity contribution in [2.24, 2.45) is 0 Å². The molecule has 2 aromatic carbocycles.